The van der Waals surface area contributed by atoms with Crippen LogP contribution < -0.4 is 10.0 Å². The van der Waals surface area contributed by atoms with E-state index in [1.807, 2.05) is 20.8 Å². The summed E-state index contributed by atoms with van der Waals surface area (Å²) in [6, 6.07) is 3.41. The summed E-state index contributed by atoms with van der Waals surface area (Å²) >= 11 is 0. The normalized spacial score (nSPS) is 12.4. The van der Waals surface area contributed by atoms with Crippen molar-refractivity contribution in [2.75, 3.05) is 12.4 Å². The van der Waals surface area contributed by atoms with Crippen molar-refractivity contribution in [3.05, 3.63) is 18.3 Å². The van der Waals surface area contributed by atoms with Gasteiger partial charge in [-0.25, -0.2) is 18.1 Å². The Morgan fingerprint density at radius 1 is 1.21 bits per heavy atom. The van der Waals surface area contributed by atoms with Crippen molar-refractivity contribution >= 4 is 15.7 Å². The predicted molar refractivity (Wildman–Crippen MR) is 77.7 cm³/mol. The zero-order chi connectivity index (χ0) is 14.5. The van der Waals surface area contributed by atoms with E-state index < -0.39 is 15.6 Å². The molecule has 0 radical (unpaired) electrons. The Kier molecular flexibility index (Phi) is 5.31. The standard InChI is InChI=1S/C13H23N3O2S/c1-5-13(6-2,7-3)16-19(17,18)12-11(14-4)9-8-10-15-12/h8-10,14,16H,5-7H2,1-4H3. The smallest absolute Gasteiger partial charge is 0.260 e. The Morgan fingerprint density at radius 2 is 1.79 bits per heavy atom. The van der Waals surface area contributed by atoms with E-state index in [0.717, 1.165) is 19.3 Å². The Hall–Kier alpha value is -1.14. The van der Waals surface area contributed by atoms with E-state index in [1.54, 1.807) is 19.2 Å². The quantitative estimate of drug-likeness (QED) is 0.807. The van der Waals surface area contributed by atoms with E-state index in [2.05, 4.69) is 15.0 Å². The first-order valence-electron chi connectivity index (χ1n) is 6.61. The van der Waals surface area contributed by atoms with Crippen LogP contribution in [0.5, 0.6) is 0 Å². The molecule has 1 aromatic rings. The molecule has 0 fully saturated rings. The largest absolute Gasteiger partial charge is 0.386 e. The summed E-state index contributed by atoms with van der Waals surface area (Å²) in [6.07, 6.45) is 3.74. The molecule has 0 saturated carbocycles. The predicted octanol–water partition coefficient (Wildman–Crippen LogP) is 2.37. The molecule has 2 N–H and O–H groups in total. The first-order valence-corrected chi connectivity index (χ1v) is 8.09. The second kappa shape index (κ2) is 6.34. The highest BCUT2D eigenvalue weighted by Gasteiger charge is 2.32. The lowest BCUT2D eigenvalue weighted by atomic mass is 9.91. The van der Waals surface area contributed by atoms with Crippen molar-refractivity contribution < 1.29 is 8.42 Å². The lowest BCUT2D eigenvalue weighted by Crippen LogP contribution is -2.47. The molecule has 1 aromatic heterocycles. The summed E-state index contributed by atoms with van der Waals surface area (Å²) in [6.45, 7) is 5.98. The van der Waals surface area contributed by atoms with Gasteiger partial charge in [-0.05, 0) is 31.4 Å². The molecule has 0 aromatic carbocycles. The molecule has 0 aliphatic carbocycles. The summed E-state index contributed by atoms with van der Waals surface area (Å²) in [5.74, 6) is 0. The van der Waals surface area contributed by atoms with Crippen molar-refractivity contribution in [2.45, 2.75) is 50.6 Å². The van der Waals surface area contributed by atoms with E-state index in [0.29, 0.717) is 5.69 Å². The molecule has 0 bridgehead atoms. The first kappa shape index (κ1) is 15.9. The van der Waals surface area contributed by atoms with Gasteiger partial charge in [0.2, 0.25) is 0 Å². The van der Waals surface area contributed by atoms with Crippen molar-refractivity contribution in [3.63, 3.8) is 0 Å². The number of sulfonamides is 1. The minimum Gasteiger partial charge on any atom is -0.386 e. The number of rotatable bonds is 7. The van der Waals surface area contributed by atoms with Gasteiger partial charge in [-0.3, -0.25) is 0 Å². The van der Waals surface area contributed by atoms with Crippen molar-refractivity contribution in [1.29, 1.82) is 0 Å². The fraction of sp³-hybridized carbons (Fsp3) is 0.615. The van der Waals surface area contributed by atoms with E-state index >= 15 is 0 Å². The van der Waals surface area contributed by atoms with Crippen molar-refractivity contribution in [1.82, 2.24) is 9.71 Å². The highest BCUT2D eigenvalue weighted by molar-refractivity contribution is 7.89. The summed E-state index contributed by atoms with van der Waals surface area (Å²) in [4.78, 5) is 4.00. The number of nitrogens with zero attached hydrogens (tertiary/aromatic N) is 1. The van der Waals surface area contributed by atoms with E-state index in [4.69, 9.17) is 0 Å². The van der Waals surface area contributed by atoms with Crippen LogP contribution >= 0.6 is 0 Å². The molecule has 1 rings (SSSR count). The maximum Gasteiger partial charge on any atom is 0.260 e. The molecule has 0 unspecified atom stereocenters. The van der Waals surface area contributed by atoms with Crippen LogP contribution in [-0.4, -0.2) is 26.0 Å². The molecule has 5 nitrogen and oxygen atoms in total. The highest BCUT2D eigenvalue weighted by atomic mass is 32.2. The molecule has 0 aliphatic heterocycles. The average molecular weight is 285 g/mol. The zero-order valence-electron chi connectivity index (χ0n) is 12.0. The highest BCUT2D eigenvalue weighted by Crippen LogP contribution is 2.24. The van der Waals surface area contributed by atoms with Gasteiger partial charge in [-0.1, -0.05) is 20.8 Å². The third-order valence-corrected chi connectivity index (χ3v) is 5.21. The van der Waals surface area contributed by atoms with Crippen LogP contribution in [0.3, 0.4) is 0 Å². The molecular weight excluding hydrogens is 262 g/mol. The molecule has 0 spiro atoms. The van der Waals surface area contributed by atoms with Crippen molar-refractivity contribution in [2.24, 2.45) is 0 Å². The van der Waals surface area contributed by atoms with Gasteiger partial charge in [0.1, 0.15) is 0 Å². The Balaban J connectivity index is 3.18. The van der Waals surface area contributed by atoms with Crippen LogP contribution in [0.2, 0.25) is 0 Å². The number of nitrogens with one attached hydrogen (secondary N) is 2. The summed E-state index contributed by atoms with van der Waals surface area (Å²) < 4.78 is 27.8. The summed E-state index contributed by atoms with van der Waals surface area (Å²) in [7, 11) is -1.94. The van der Waals surface area contributed by atoms with Gasteiger partial charge < -0.3 is 5.32 Å². The van der Waals surface area contributed by atoms with Crippen LogP contribution in [0.15, 0.2) is 23.4 Å². The van der Waals surface area contributed by atoms with Gasteiger partial charge in [0, 0.05) is 18.8 Å². The third kappa shape index (κ3) is 3.45. The van der Waals surface area contributed by atoms with Gasteiger partial charge in [0.25, 0.3) is 10.0 Å². The zero-order valence-corrected chi connectivity index (χ0v) is 12.8. The average Bonchev–Trinajstić information content (AvgIpc) is 2.45. The molecule has 6 heteroatoms. The number of pyridine rings is 1. The SMILES string of the molecule is CCC(CC)(CC)NS(=O)(=O)c1ncccc1NC. The van der Waals surface area contributed by atoms with Crippen LogP contribution in [0, 0.1) is 0 Å². The summed E-state index contributed by atoms with van der Waals surface area (Å²) in [5.41, 5.74) is 0.105. The van der Waals surface area contributed by atoms with Crippen LogP contribution in [0.1, 0.15) is 40.0 Å². The van der Waals surface area contributed by atoms with Crippen LogP contribution in [0.25, 0.3) is 0 Å². The lowest BCUT2D eigenvalue weighted by Gasteiger charge is -2.31. The van der Waals surface area contributed by atoms with Crippen LogP contribution in [0.4, 0.5) is 5.69 Å². The number of hydrogen-bond acceptors (Lipinski definition) is 4. The molecule has 1 heterocycles. The molecular formula is C13H23N3O2S. The van der Waals surface area contributed by atoms with E-state index in [1.165, 1.54) is 6.20 Å². The second-order valence-corrected chi connectivity index (χ2v) is 6.15. The maximum atomic E-state index is 12.5. The maximum absolute atomic E-state index is 12.5. The third-order valence-electron chi connectivity index (χ3n) is 3.68. The Bertz CT molecular complexity index is 502. The number of anilines is 1. The minimum absolute atomic E-state index is 0.0530. The van der Waals surface area contributed by atoms with Gasteiger partial charge in [-0.15, -0.1) is 0 Å². The molecule has 0 saturated heterocycles. The number of hydrogen-bond donors (Lipinski definition) is 2. The van der Waals surface area contributed by atoms with Crippen molar-refractivity contribution in [3.8, 4) is 0 Å². The van der Waals surface area contributed by atoms with Gasteiger partial charge in [0.15, 0.2) is 5.03 Å². The second-order valence-electron chi connectivity index (χ2n) is 4.55. The van der Waals surface area contributed by atoms with E-state index in [9.17, 15) is 8.42 Å². The first-order chi connectivity index (χ1) is 8.94. The van der Waals surface area contributed by atoms with Gasteiger partial charge in [0.05, 0.1) is 5.69 Å². The van der Waals surface area contributed by atoms with Gasteiger partial charge >= 0.3 is 0 Å². The minimum atomic E-state index is -3.62. The molecule has 0 amide bonds. The fourth-order valence-electron chi connectivity index (χ4n) is 2.10. The summed E-state index contributed by atoms with van der Waals surface area (Å²) in [5, 5.41) is 2.91. The van der Waals surface area contributed by atoms with Gasteiger partial charge in [-0.2, -0.15) is 0 Å². The van der Waals surface area contributed by atoms with E-state index in [-0.39, 0.29) is 5.03 Å². The number of aromatic nitrogens is 1. The Labute approximate surface area is 115 Å². The fourth-order valence-corrected chi connectivity index (χ4v) is 3.85. The monoisotopic (exact) mass is 285 g/mol. The Morgan fingerprint density at radius 3 is 2.26 bits per heavy atom. The molecule has 0 atom stereocenters. The molecule has 19 heavy (non-hydrogen) atoms. The topological polar surface area (TPSA) is 71.1 Å². The lowest BCUT2D eigenvalue weighted by molar-refractivity contribution is 0.341. The van der Waals surface area contributed by atoms with Crippen LogP contribution in [-0.2, 0) is 10.0 Å². The molecule has 108 valence electrons. The molecule has 0 aliphatic rings.